The molecule has 19 aliphatic rings. The molecule has 12 heteroatoms. The number of rotatable bonds is 23. The van der Waals surface area contributed by atoms with Crippen LogP contribution >= 0.6 is 0 Å². The van der Waals surface area contributed by atoms with Crippen molar-refractivity contribution in [1.82, 2.24) is 0 Å². The van der Waals surface area contributed by atoms with Crippen LogP contribution in [0.4, 0.5) is 0 Å². The third-order valence-electron chi connectivity index (χ3n) is 35.5. The first-order chi connectivity index (χ1) is 51.7. The Hall–Kier alpha value is -3.18. The van der Waals surface area contributed by atoms with Gasteiger partial charge >= 0.3 is 35.8 Å². The Morgan fingerprint density at radius 2 is 0.716 bits per heavy atom. The Morgan fingerprint density at radius 1 is 0.339 bits per heavy atom. The highest BCUT2D eigenvalue weighted by Gasteiger charge is 2.65. The normalized spacial score (nSPS) is 42.5. The topological polar surface area (TPSA) is 158 Å². The molecule has 0 saturated heterocycles. The predicted octanol–water partition coefficient (Wildman–Crippen LogP) is 24.1. The van der Waals surface area contributed by atoms with Crippen LogP contribution < -0.4 is 0 Å². The van der Waals surface area contributed by atoms with Crippen molar-refractivity contribution in [2.45, 2.75) is 416 Å². The number of carbonyl (C=O) groups excluding carboxylic acids is 6. The molecule has 12 nitrogen and oxygen atoms in total. The molecule has 622 valence electrons. The predicted molar refractivity (Wildman–Crippen MR) is 435 cm³/mol. The van der Waals surface area contributed by atoms with Crippen LogP contribution in [0.2, 0.25) is 0 Å². The molecule has 0 aromatic rings. The molecule has 19 aliphatic carbocycles. The SMILES string of the molecule is CCC(C)C(=O)OC(C)(C)C12CC3CC(CC(C3)C1)C2.CCC(C)C(=O)OC1(C(C)C)C2CC3CC(C2)CC1C3.CCC(C)C(=O)OC1(C)CC2CCC1C2.CCC(C)C(=O)OC1(CC)C2CC3CC(C2)CC1C3.CCC(C)C(=O)OC1(CC)CC2CC1C1CCCC21.CCC(C)C(=O)OC1(CC)CC2CCC1C2. The van der Waals surface area contributed by atoms with E-state index in [0.29, 0.717) is 47.3 Å². The maximum atomic E-state index is 12.5. The smallest absolute Gasteiger partial charge is 0.309 e. The van der Waals surface area contributed by atoms with Gasteiger partial charge in [-0.1, -0.05) is 124 Å². The monoisotopic (exact) mass is 1520 g/mol. The quantitative estimate of drug-likeness (QED) is 0.0705. The fraction of sp³-hybridized carbons (Fsp3) is 0.938. The fourth-order valence-electron chi connectivity index (χ4n) is 28.3. The highest BCUT2D eigenvalue weighted by atomic mass is 16.6. The zero-order valence-electron chi connectivity index (χ0n) is 73.3. The van der Waals surface area contributed by atoms with E-state index in [0.717, 1.165) is 148 Å². The van der Waals surface area contributed by atoms with Gasteiger partial charge in [0, 0.05) is 11.3 Å². The van der Waals surface area contributed by atoms with Crippen LogP contribution in [0.15, 0.2) is 0 Å². The summed E-state index contributed by atoms with van der Waals surface area (Å²) in [6, 6.07) is 0. The molecule has 0 N–H and O–H groups in total. The van der Waals surface area contributed by atoms with E-state index in [1.165, 1.54) is 167 Å². The Labute approximate surface area is 664 Å². The number of esters is 6. The van der Waals surface area contributed by atoms with Crippen LogP contribution in [0.5, 0.6) is 0 Å². The van der Waals surface area contributed by atoms with Gasteiger partial charge in [-0.25, -0.2) is 0 Å². The van der Waals surface area contributed by atoms with Crippen LogP contribution in [0, 0.1) is 159 Å². The van der Waals surface area contributed by atoms with Crippen LogP contribution in [0.3, 0.4) is 0 Å². The van der Waals surface area contributed by atoms with E-state index in [1.54, 1.807) is 0 Å². The molecule has 0 heterocycles. The largest absolute Gasteiger partial charge is 0.459 e. The Kier molecular flexibility index (Phi) is 28.1. The van der Waals surface area contributed by atoms with E-state index < -0.39 is 0 Å². The van der Waals surface area contributed by atoms with Crippen molar-refractivity contribution in [3.63, 3.8) is 0 Å². The van der Waals surface area contributed by atoms with Crippen molar-refractivity contribution in [2.24, 2.45) is 159 Å². The molecular formula is C97H162O12. The summed E-state index contributed by atoms with van der Waals surface area (Å²) in [6.07, 6.45) is 46.6. The molecular weight excluding hydrogens is 1360 g/mol. The van der Waals surface area contributed by atoms with Gasteiger partial charge in [0.15, 0.2) is 0 Å². The molecule has 0 amide bonds. The summed E-state index contributed by atoms with van der Waals surface area (Å²) in [4.78, 5) is 73.0. The van der Waals surface area contributed by atoms with Gasteiger partial charge in [0.05, 0.1) is 35.5 Å². The number of hydrogen-bond donors (Lipinski definition) is 0. The molecule has 109 heavy (non-hydrogen) atoms. The van der Waals surface area contributed by atoms with Gasteiger partial charge in [-0.05, 0) is 371 Å². The van der Waals surface area contributed by atoms with Crippen molar-refractivity contribution in [3.8, 4) is 0 Å². The summed E-state index contributed by atoms with van der Waals surface area (Å²) < 4.78 is 36.3. The van der Waals surface area contributed by atoms with E-state index in [-0.39, 0.29) is 110 Å². The van der Waals surface area contributed by atoms with E-state index in [4.69, 9.17) is 28.4 Å². The highest BCUT2D eigenvalue weighted by Crippen LogP contribution is 2.68. The van der Waals surface area contributed by atoms with Crippen LogP contribution in [-0.2, 0) is 57.2 Å². The number of hydrogen-bond acceptors (Lipinski definition) is 12. The average Bonchev–Trinajstić information content (AvgIpc) is 1.69. The number of carbonyl (C=O) groups is 6. The first kappa shape index (κ1) is 86.7. The van der Waals surface area contributed by atoms with E-state index in [1.807, 2.05) is 55.4 Å². The Morgan fingerprint density at radius 3 is 1.11 bits per heavy atom. The number of fused-ring (bicyclic) bond motifs is 9. The van der Waals surface area contributed by atoms with Gasteiger partial charge in [-0.3, -0.25) is 28.8 Å². The first-order valence-electron chi connectivity index (χ1n) is 47.0. The van der Waals surface area contributed by atoms with Crippen LogP contribution in [0.25, 0.3) is 0 Å². The average molecular weight is 1520 g/mol. The van der Waals surface area contributed by atoms with Crippen molar-refractivity contribution in [2.75, 3.05) is 0 Å². The zero-order chi connectivity index (χ0) is 79.1. The lowest BCUT2D eigenvalue weighted by molar-refractivity contribution is -0.227. The second-order valence-electron chi connectivity index (χ2n) is 42.4. The molecule has 17 atom stereocenters. The van der Waals surface area contributed by atoms with Gasteiger partial charge in [0.2, 0.25) is 0 Å². The molecule has 0 aliphatic heterocycles. The van der Waals surface area contributed by atoms with Gasteiger partial charge in [0.25, 0.3) is 0 Å². The molecule has 0 aromatic carbocycles. The molecule has 19 rings (SSSR count). The molecule has 18 bridgehead atoms. The second-order valence-corrected chi connectivity index (χ2v) is 42.4. The van der Waals surface area contributed by atoms with Gasteiger partial charge in [0.1, 0.15) is 33.6 Å². The standard InChI is InChI=1S/2C18H30O2.2C17H28O2.C14H24O2.C13H22O2/c1-5-12(2)16(19)20-17(3,4)18-9-13-6-14(10-18)8-15(7-13)11-18;1-5-12(4)17(19)20-18(11(2)3)15-7-13-6-14(9-15)10-16(18)8-13;1-4-11(3)16(18)19-17(5-2)14-7-12-6-13(9-14)10-15(17)8-12;1-4-11(3)16(18)19-17(5-2)10-12-9-15(17)14-8-6-7-13(12)14;1-4-10(3)13(15)16-14(5-2)9-11-6-7-12(14)8-11;1-4-9(2)12(14)15-13(3)8-10-5-6-11(13)7-10/h12-15H,5-11H2,1-4H3;11-16H,5-10H2,1-4H3;2*11-15H,4-10H2,1-3H3;10-12H,4-9H2,1-3H3;9-11H,4-8H2,1-3H3. The highest BCUT2D eigenvalue weighted by molar-refractivity contribution is 5.75. The lowest BCUT2D eigenvalue weighted by Crippen LogP contribution is -2.62. The summed E-state index contributed by atoms with van der Waals surface area (Å²) >= 11 is 0. The van der Waals surface area contributed by atoms with Crippen LogP contribution in [-0.4, -0.2) is 69.4 Å². The maximum Gasteiger partial charge on any atom is 0.309 e. The summed E-state index contributed by atoms with van der Waals surface area (Å²) in [5, 5.41) is 0. The second kappa shape index (κ2) is 35.3. The lowest BCUT2D eigenvalue weighted by Gasteiger charge is -2.62. The van der Waals surface area contributed by atoms with E-state index in [9.17, 15) is 28.8 Å². The van der Waals surface area contributed by atoms with Crippen molar-refractivity contribution in [1.29, 1.82) is 0 Å². The minimum absolute atomic E-state index is 0.00699. The van der Waals surface area contributed by atoms with Gasteiger partial charge in [-0.2, -0.15) is 0 Å². The Balaban J connectivity index is 0.000000130. The summed E-state index contributed by atoms with van der Waals surface area (Å²) in [5.74, 6) is 16.2. The summed E-state index contributed by atoms with van der Waals surface area (Å²) in [7, 11) is 0. The van der Waals surface area contributed by atoms with Crippen molar-refractivity contribution in [3.05, 3.63) is 0 Å². The summed E-state index contributed by atoms with van der Waals surface area (Å²) in [5.41, 5.74) is -0.597. The molecule has 0 radical (unpaired) electrons. The van der Waals surface area contributed by atoms with E-state index in [2.05, 4.69) is 83.1 Å². The molecule has 19 saturated carbocycles. The van der Waals surface area contributed by atoms with Crippen LogP contribution in [0.1, 0.15) is 382 Å². The zero-order valence-corrected chi connectivity index (χ0v) is 73.3. The third-order valence-corrected chi connectivity index (χ3v) is 35.5. The third kappa shape index (κ3) is 17.6. The Bertz CT molecular complexity index is 2980. The minimum atomic E-state index is -0.288. The molecule has 17 unspecified atom stereocenters. The molecule has 0 spiro atoms. The van der Waals surface area contributed by atoms with Gasteiger partial charge in [-0.15, -0.1) is 0 Å². The fourth-order valence-corrected chi connectivity index (χ4v) is 28.3. The van der Waals surface area contributed by atoms with Crippen molar-refractivity contribution < 1.29 is 57.2 Å². The first-order valence-corrected chi connectivity index (χ1v) is 47.0. The van der Waals surface area contributed by atoms with Crippen molar-refractivity contribution >= 4 is 35.8 Å². The molecule has 0 aromatic heterocycles. The maximum absolute atomic E-state index is 12.5. The summed E-state index contributed by atoms with van der Waals surface area (Å²) in [6.45, 7) is 41.9. The molecule has 19 fully saturated rings. The number of ether oxygens (including phenoxy) is 6. The minimum Gasteiger partial charge on any atom is -0.459 e. The van der Waals surface area contributed by atoms with Gasteiger partial charge < -0.3 is 28.4 Å². The van der Waals surface area contributed by atoms with E-state index >= 15 is 0 Å². The lowest BCUT2D eigenvalue weighted by atomic mass is 9.46.